The number of unbranched alkanes of at least 4 members (excludes halogenated alkanes) is 31. The second-order valence-corrected chi connectivity index (χ2v) is 20.3. The number of aliphatic hydroxyl groups is 7. The minimum atomic E-state index is -1.67. The second-order valence-electron chi connectivity index (χ2n) is 20.3. The molecule has 1 aliphatic heterocycles. The molecular weight excluding hydrogens is 871 g/mol. The van der Waals surface area contributed by atoms with Gasteiger partial charge >= 0.3 is 0 Å². The molecule has 0 aromatic heterocycles. The number of allylic oxidation sites excluding steroid dienone is 6. The van der Waals surface area contributed by atoms with Gasteiger partial charge in [-0.25, -0.2) is 0 Å². The molecule has 1 saturated heterocycles. The van der Waals surface area contributed by atoms with Gasteiger partial charge in [-0.05, 0) is 64.2 Å². The van der Waals surface area contributed by atoms with E-state index in [1.165, 1.54) is 167 Å². The maximum Gasteiger partial charge on any atom is 0.249 e. The number of aliphatic hydroxyl groups excluding tert-OH is 7. The van der Waals surface area contributed by atoms with Crippen LogP contribution in [0.2, 0.25) is 0 Å². The summed E-state index contributed by atoms with van der Waals surface area (Å²) in [6, 6.07) is -1.19. The number of rotatable bonds is 49. The van der Waals surface area contributed by atoms with Crippen LogP contribution in [0.1, 0.15) is 258 Å². The third kappa shape index (κ3) is 36.0. The zero-order chi connectivity index (χ0) is 50.4. The van der Waals surface area contributed by atoms with Crippen LogP contribution in [0.15, 0.2) is 36.5 Å². The highest BCUT2D eigenvalue weighted by Crippen LogP contribution is 2.23. The number of nitrogens with one attached hydrogen (secondary N) is 1. The summed E-state index contributed by atoms with van der Waals surface area (Å²) < 4.78 is 11.1. The van der Waals surface area contributed by atoms with E-state index in [1.54, 1.807) is 0 Å². The molecular formula is C58H109NO10. The first kappa shape index (κ1) is 65.3. The average molecular weight is 981 g/mol. The van der Waals surface area contributed by atoms with Crippen molar-refractivity contribution in [3.05, 3.63) is 36.5 Å². The Kier molecular flexibility index (Phi) is 44.8. The van der Waals surface area contributed by atoms with Gasteiger partial charge in [0.05, 0.1) is 25.4 Å². The summed E-state index contributed by atoms with van der Waals surface area (Å²) in [6.45, 7) is 3.45. The van der Waals surface area contributed by atoms with Crippen LogP contribution >= 0.6 is 0 Å². The fourth-order valence-electron chi connectivity index (χ4n) is 9.18. The van der Waals surface area contributed by atoms with Gasteiger partial charge in [0, 0.05) is 0 Å². The highest BCUT2D eigenvalue weighted by Gasteiger charge is 2.44. The van der Waals surface area contributed by atoms with Gasteiger partial charge in [-0.2, -0.15) is 0 Å². The summed E-state index contributed by atoms with van der Waals surface area (Å²) in [4.78, 5) is 13.1. The normalized spacial score (nSPS) is 20.6. The Balaban J connectivity index is 2.34. The second kappa shape index (κ2) is 47.3. The third-order valence-corrected chi connectivity index (χ3v) is 13.9. The van der Waals surface area contributed by atoms with Crippen molar-refractivity contribution in [2.75, 3.05) is 13.2 Å². The molecule has 1 rings (SSSR count). The van der Waals surface area contributed by atoms with Crippen molar-refractivity contribution in [3.8, 4) is 0 Å². The molecule has 0 aliphatic carbocycles. The predicted octanol–water partition coefficient (Wildman–Crippen LogP) is 11.9. The van der Waals surface area contributed by atoms with Gasteiger partial charge in [-0.1, -0.05) is 230 Å². The Morgan fingerprint density at radius 2 is 0.870 bits per heavy atom. The standard InChI is InChI=1S/C58H109NO10/c1-3-5-7-9-11-13-15-17-19-20-21-22-23-24-25-26-27-28-29-30-32-33-35-37-39-41-43-45-50(61)53(63)49(48-68-58-56(66)55(65)54(64)52(47-60)69-58)59-57(67)51(62)46-44-42-40-38-36-34-31-18-16-14-12-10-8-6-4-2/h26-27,30,32,37,39,49-56,58,60-66H,3-25,28-29,31,33-36,38,40-48H2,1-2H3,(H,59,67)/b27-26+,32-30+,39-37+. The number of carbonyl (C=O) groups is 1. The van der Waals surface area contributed by atoms with Crippen molar-refractivity contribution in [1.29, 1.82) is 0 Å². The number of ether oxygens (including phenoxy) is 2. The van der Waals surface area contributed by atoms with Crippen molar-refractivity contribution in [1.82, 2.24) is 5.32 Å². The summed E-state index contributed by atoms with van der Waals surface area (Å²) in [5.74, 6) is -0.710. The summed E-state index contributed by atoms with van der Waals surface area (Å²) in [7, 11) is 0. The molecule has 0 aromatic carbocycles. The Morgan fingerprint density at radius 3 is 1.29 bits per heavy atom. The summed E-state index contributed by atoms with van der Waals surface area (Å²) in [5.41, 5.74) is 0. The van der Waals surface area contributed by atoms with E-state index in [-0.39, 0.29) is 12.8 Å². The highest BCUT2D eigenvalue weighted by molar-refractivity contribution is 5.80. The van der Waals surface area contributed by atoms with Crippen molar-refractivity contribution < 1.29 is 50.0 Å². The number of carbonyl (C=O) groups excluding carboxylic acids is 1. The van der Waals surface area contributed by atoms with Crippen LogP contribution in [0.4, 0.5) is 0 Å². The molecule has 0 spiro atoms. The van der Waals surface area contributed by atoms with Crippen molar-refractivity contribution in [3.63, 3.8) is 0 Å². The molecule has 406 valence electrons. The average Bonchev–Trinajstić information content (AvgIpc) is 3.35. The van der Waals surface area contributed by atoms with Gasteiger partial charge in [0.15, 0.2) is 6.29 Å². The molecule has 9 unspecified atom stereocenters. The topological polar surface area (TPSA) is 189 Å². The van der Waals surface area contributed by atoms with Crippen molar-refractivity contribution in [2.24, 2.45) is 0 Å². The molecule has 1 aliphatic rings. The molecule has 0 radical (unpaired) electrons. The van der Waals surface area contributed by atoms with Crippen LogP contribution in [-0.2, 0) is 14.3 Å². The van der Waals surface area contributed by atoms with Gasteiger partial charge < -0.3 is 50.5 Å². The Hall–Kier alpha value is -1.67. The zero-order valence-corrected chi connectivity index (χ0v) is 44.3. The van der Waals surface area contributed by atoms with Crippen LogP contribution in [0.25, 0.3) is 0 Å². The molecule has 0 bridgehead atoms. The van der Waals surface area contributed by atoms with Crippen LogP contribution in [-0.4, -0.2) is 110 Å². The fourth-order valence-corrected chi connectivity index (χ4v) is 9.18. The van der Waals surface area contributed by atoms with E-state index in [0.717, 1.165) is 44.9 Å². The van der Waals surface area contributed by atoms with Crippen molar-refractivity contribution >= 4 is 5.91 Å². The SMILES string of the molecule is CCCCCCCCCCCCCCCC/C=C/CC/C=C/CC/C=C/CCCC(O)C(O)C(COC1OC(CO)C(O)C(O)C1O)NC(=O)C(O)CCCCCCCCCCCCCCCCC. The van der Waals surface area contributed by atoms with Crippen LogP contribution in [0, 0.1) is 0 Å². The number of hydrogen-bond acceptors (Lipinski definition) is 10. The summed E-state index contributed by atoms with van der Waals surface area (Å²) in [5, 5.41) is 76.0. The van der Waals surface area contributed by atoms with E-state index in [4.69, 9.17) is 9.47 Å². The molecule has 1 fully saturated rings. The van der Waals surface area contributed by atoms with E-state index in [9.17, 15) is 40.5 Å². The van der Waals surface area contributed by atoms with E-state index in [1.807, 2.05) is 0 Å². The maximum atomic E-state index is 13.1. The minimum absolute atomic E-state index is 0.242. The van der Waals surface area contributed by atoms with Crippen LogP contribution in [0.3, 0.4) is 0 Å². The third-order valence-electron chi connectivity index (χ3n) is 13.9. The van der Waals surface area contributed by atoms with Gasteiger partial charge in [0.1, 0.15) is 36.6 Å². The first-order chi connectivity index (χ1) is 33.7. The van der Waals surface area contributed by atoms with Crippen LogP contribution in [0.5, 0.6) is 0 Å². The quantitative estimate of drug-likeness (QED) is 0.0215. The fraction of sp³-hybridized carbons (Fsp3) is 0.879. The minimum Gasteiger partial charge on any atom is -0.394 e. The lowest BCUT2D eigenvalue weighted by Crippen LogP contribution is -2.60. The number of amides is 1. The molecule has 1 heterocycles. The molecule has 0 aromatic rings. The Bertz CT molecular complexity index is 1210. The van der Waals surface area contributed by atoms with Crippen molar-refractivity contribution in [2.45, 2.75) is 313 Å². The van der Waals surface area contributed by atoms with E-state index in [0.29, 0.717) is 19.3 Å². The monoisotopic (exact) mass is 980 g/mol. The largest absolute Gasteiger partial charge is 0.394 e. The molecule has 8 N–H and O–H groups in total. The van der Waals surface area contributed by atoms with Gasteiger partial charge in [0.2, 0.25) is 5.91 Å². The Labute approximate surface area is 422 Å². The Morgan fingerprint density at radius 1 is 0.493 bits per heavy atom. The highest BCUT2D eigenvalue weighted by atomic mass is 16.7. The van der Waals surface area contributed by atoms with E-state index in [2.05, 4.69) is 55.6 Å². The van der Waals surface area contributed by atoms with Gasteiger partial charge in [0.25, 0.3) is 0 Å². The summed E-state index contributed by atoms with van der Waals surface area (Å²) in [6.07, 6.45) is 46.4. The molecule has 0 saturated carbocycles. The van der Waals surface area contributed by atoms with Crippen LogP contribution < -0.4 is 5.32 Å². The zero-order valence-electron chi connectivity index (χ0n) is 44.3. The lowest BCUT2D eigenvalue weighted by molar-refractivity contribution is -0.303. The lowest BCUT2D eigenvalue weighted by Gasteiger charge is -2.40. The maximum absolute atomic E-state index is 13.1. The molecule has 69 heavy (non-hydrogen) atoms. The molecule has 9 atom stereocenters. The molecule has 11 nitrogen and oxygen atoms in total. The molecule has 11 heteroatoms. The van der Waals surface area contributed by atoms with Gasteiger partial charge in [-0.3, -0.25) is 4.79 Å². The molecule has 1 amide bonds. The smallest absolute Gasteiger partial charge is 0.249 e. The summed E-state index contributed by atoms with van der Waals surface area (Å²) >= 11 is 0. The van der Waals surface area contributed by atoms with E-state index >= 15 is 0 Å². The first-order valence-electron chi connectivity index (χ1n) is 28.9. The number of hydrogen-bond donors (Lipinski definition) is 8. The predicted molar refractivity (Wildman–Crippen MR) is 284 cm³/mol. The first-order valence-corrected chi connectivity index (χ1v) is 28.9. The van der Waals surface area contributed by atoms with E-state index < -0.39 is 74.2 Å². The van der Waals surface area contributed by atoms with Gasteiger partial charge in [-0.15, -0.1) is 0 Å². The lowest BCUT2D eigenvalue weighted by atomic mass is 9.98.